The first-order valence-corrected chi connectivity index (χ1v) is 9.48. The van der Waals surface area contributed by atoms with Crippen molar-refractivity contribution in [2.24, 2.45) is 7.05 Å². The summed E-state index contributed by atoms with van der Waals surface area (Å²) in [6, 6.07) is 9.65. The van der Waals surface area contributed by atoms with Crippen LogP contribution >= 0.6 is 0 Å². The highest BCUT2D eigenvalue weighted by atomic mass is 16.6. The van der Waals surface area contributed by atoms with Crippen LogP contribution in [0.25, 0.3) is 0 Å². The van der Waals surface area contributed by atoms with Crippen LogP contribution in [0.5, 0.6) is 0 Å². The molecule has 2 N–H and O–H groups in total. The van der Waals surface area contributed by atoms with E-state index in [0.29, 0.717) is 24.9 Å². The van der Waals surface area contributed by atoms with E-state index in [1.54, 1.807) is 10.9 Å². The van der Waals surface area contributed by atoms with E-state index in [1.165, 1.54) is 0 Å². The SMILES string of the molecule is Cc1c(C(=O)N[C@H](CCCNC(=O)OC(C)(C)C)c2ccccc2)cnn1C. The van der Waals surface area contributed by atoms with Crippen molar-refractivity contribution in [1.29, 1.82) is 0 Å². The Morgan fingerprint density at radius 2 is 1.89 bits per heavy atom. The molecule has 1 atom stereocenters. The first-order chi connectivity index (χ1) is 13.2. The normalized spacial score (nSPS) is 12.3. The van der Waals surface area contributed by atoms with Crippen molar-refractivity contribution in [3.8, 4) is 0 Å². The molecule has 0 fully saturated rings. The minimum atomic E-state index is -0.522. The topological polar surface area (TPSA) is 85.2 Å². The summed E-state index contributed by atoms with van der Waals surface area (Å²) in [5.41, 5.74) is 1.88. The Hall–Kier alpha value is -2.83. The van der Waals surface area contributed by atoms with Gasteiger partial charge in [-0.2, -0.15) is 5.10 Å². The molecule has 28 heavy (non-hydrogen) atoms. The fourth-order valence-corrected chi connectivity index (χ4v) is 2.78. The molecule has 7 heteroatoms. The lowest BCUT2D eigenvalue weighted by Crippen LogP contribution is -2.34. The van der Waals surface area contributed by atoms with Crippen LogP contribution in [0.2, 0.25) is 0 Å². The quantitative estimate of drug-likeness (QED) is 0.713. The molecule has 0 radical (unpaired) electrons. The highest BCUT2D eigenvalue weighted by Crippen LogP contribution is 2.19. The predicted molar refractivity (Wildman–Crippen MR) is 108 cm³/mol. The lowest BCUT2D eigenvalue weighted by atomic mass is 10.0. The number of nitrogens with one attached hydrogen (secondary N) is 2. The van der Waals surface area contributed by atoms with Crippen molar-refractivity contribution in [2.45, 2.75) is 52.2 Å². The van der Waals surface area contributed by atoms with Crippen LogP contribution in [-0.2, 0) is 11.8 Å². The molecule has 7 nitrogen and oxygen atoms in total. The van der Waals surface area contributed by atoms with Crippen molar-refractivity contribution in [2.75, 3.05) is 6.54 Å². The molecule has 0 saturated heterocycles. The van der Waals surface area contributed by atoms with Crippen molar-refractivity contribution >= 4 is 12.0 Å². The number of aromatic nitrogens is 2. The smallest absolute Gasteiger partial charge is 0.407 e. The van der Waals surface area contributed by atoms with E-state index in [0.717, 1.165) is 11.3 Å². The van der Waals surface area contributed by atoms with Gasteiger partial charge in [-0.25, -0.2) is 4.79 Å². The van der Waals surface area contributed by atoms with Gasteiger partial charge in [0, 0.05) is 19.3 Å². The second kappa shape index (κ2) is 9.39. The molecule has 0 unspecified atom stereocenters. The minimum absolute atomic E-state index is 0.153. The Morgan fingerprint density at radius 3 is 2.46 bits per heavy atom. The molecule has 0 spiro atoms. The number of nitrogens with zero attached hydrogens (tertiary/aromatic N) is 2. The van der Waals surface area contributed by atoms with E-state index < -0.39 is 11.7 Å². The maximum Gasteiger partial charge on any atom is 0.407 e. The average molecular weight is 386 g/mol. The molecule has 0 aliphatic heterocycles. The number of alkyl carbamates (subject to hydrolysis) is 1. The van der Waals surface area contributed by atoms with Gasteiger partial charge in [-0.3, -0.25) is 9.48 Å². The Morgan fingerprint density at radius 1 is 1.21 bits per heavy atom. The summed E-state index contributed by atoms with van der Waals surface area (Å²) >= 11 is 0. The molecule has 2 rings (SSSR count). The zero-order valence-corrected chi connectivity index (χ0v) is 17.3. The number of rotatable bonds is 7. The number of hydrogen-bond acceptors (Lipinski definition) is 4. The van der Waals surface area contributed by atoms with E-state index in [-0.39, 0.29) is 11.9 Å². The molecule has 2 aromatic rings. The molecule has 0 aliphatic rings. The highest BCUT2D eigenvalue weighted by molar-refractivity contribution is 5.95. The van der Waals surface area contributed by atoms with Crippen molar-refractivity contribution < 1.29 is 14.3 Å². The van der Waals surface area contributed by atoms with Crippen LogP contribution in [0.15, 0.2) is 36.5 Å². The number of ether oxygens (including phenoxy) is 1. The summed E-state index contributed by atoms with van der Waals surface area (Å²) in [7, 11) is 1.81. The minimum Gasteiger partial charge on any atom is -0.444 e. The number of amides is 2. The van der Waals surface area contributed by atoms with Crippen LogP contribution in [0.3, 0.4) is 0 Å². The largest absolute Gasteiger partial charge is 0.444 e. The first kappa shape index (κ1) is 21.5. The predicted octanol–water partition coefficient (Wildman–Crippen LogP) is 3.50. The van der Waals surface area contributed by atoms with Crippen molar-refractivity contribution in [3.63, 3.8) is 0 Å². The summed E-state index contributed by atoms with van der Waals surface area (Å²) in [6.07, 6.45) is 2.53. The number of benzene rings is 1. The van der Waals surface area contributed by atoms with Crippen LogP contribution in [0.4, 0.5) is 4.79 Å². The van der Waals surface area contributed by atoms with E-state index in [1.807, 2.05) is 65.1 Å². The maximum atomic E-state index is 12.7. The third-order valence-corrected chi connectivity index (χ3v) is 4.32. The molecule has 2 amide bonds. The Labute approximate surface area is 166 Å². The third kappa shape index (κ3) is 6.40. The Balaban J connectivity index is 1.96. The number of carbonyl (C=O) groups excluding carboxylic acids is 2. The number of carbonyl (C=O) groups is 2. The lowest BCUT2D eigenvalue weighted by molar-refractivity contribution is 0.0526. The summed E-state index contributed by atoms with van der Waals surface area (Å²) < 4.78 is 6.92. The molecule has 0 bridgehead atoms. The van der Waals surface area contributed by atoms with Gasteiger partial charge in [0.05, 0.1) is 17.8 Å². The third-order valence-electron chi connectivity index (χ3n) is 4.32. The summed E-state index contributed by atoms with van der Waals surface area (Å²) in [5, 5.41) is 9.99. The zero-order chi connectivity index (χ0) is 20.7. The lowest BCUT2D eigenvalue weighted by Gasteiger charge is -2.21. The Kier molecular flexibility index (Phi) is 7.20. The van der Waals surface area contributed by atoms with Gasteiger partial charge in [-0.1, -0.05) is 30.3 Å². The van der Waals surface area contributed by atoms with Crippen LogP contribution < -0.4 is 10.6 Å². The van der Waals surface area contributed by atoms with Crippen LogP contribution in [0, 0.1) is 6.92 Å². The average Bonchev–Trinajstić information content (AvgIpc) is 2.96. The summed E-state index contributed by atoms with van der Waals surface area (Å²) in [4.78, 5) is 24.5. The van der Waals surface area contributed by atoms with Gasteiger partial charge in [-0.05, 0) is 46.1 Å². The van der Waals surface area contributed by atoms with E-state index in [2.05, 4.69) is 15.7 Å². The molecule has 0 saturated carbocycles. The monoisotopic (exact) mass is 386 g/mol. The highest BCUT2D eigenvalue weighted by Gasteiger charge is 2.19. The van der Waals surface area contributed by atoms with Gasteiger partial charge in [-0.15, -0.1) is 0 Å². The molecule has 152 valence electrons. The molecule has 1 aromatic carbocycles. The van der Waals surface area contributed by atoms with E-state index >= 15 is 0 Å². The van der Waals surface area contributed by atoms with Gasteiger partial charge >= 0.3 is 6.09 Å². The van der Waals surface area contributed by atoms with Gasteiger partial charge in [0.2, 0.25) is 0 Å². The molecular formula is C21H30N4O3. The van der Waals surface area contributed by atoms with Crippen LogP contribution in [-0.4, -0.2) is 33.9 Å². The fourth-order valence-electron chi connectivity index (χ4n) is 2.78. The summed E-state index contributed by atoms with van der Waals surface area (Å²) in [6.45, 7) is 7.82. The molecule has 0 aliphatic carbocycles. The number of hydrogen-bond donors (Lipinski definition) is 2. The van der Waals surface area contributed by atoms with E-state index in [4.69, 9.17) is 4.74 Å². The van der Waals surface area contributed by atoms with Gasteiger partial charge < -0.3 is 15.4 Å². The Bertz CT molecular complexity index is 794. The second-order valence-corrected chi connectivity index (χ2v) is 7.77. The van der Waals surface area contributed by atoms with Crippen molar-refractivity contribution in [1.82, 2.24) is 20.4 Å². The fraction of sp³-hybridized carbons (Fsp3) is 0.476. The molecular weight excluding hydrogens is 356 g/mol. The van der Waals surface area contributed by atoms with Crippen molar-refractivity contribution in [3.05, 3.63) is 53.3 Å². The zero-order valence-electron chi connectivity index (χ0n) is 17.3. The summed E-state index contributed by atoms with van der Waals surface area (Å²) in [5.74, 6) is -0.153. The molecule has 1 heterocycles. The second-order valence-electron chi connectivity index (χ2n) is 7.77. The van der Waals surface area contributed by atoms with Gasteiger partial charge in [0.15, 0.2) is 0 Å². The maximum absolute atomic E-state index is 12.7. The van der Waals surface area contributed by atoms with E-state index in [9.17, 15) is 9.59 Å². The standard InChI is InChI=1S/C21H30N4O3/c1-15-17(14-23-25(15)5)19(26)24-18(16-10-7-6-8-11-16)12-9-13-22-20(27)28-21(2,3)4/h6-8,10-11,14,18H,9,12-13H2,1-5H3,(H,22,27)(H,24,26)/t18-/m1/s1. The van der Waals surface area contributed by atoms with Gasteiger partial charge in [0.25, 0.3) is 5.91 Å². The van der Waals surface area contributed by atoms with Crippen LogP contribution in [0.1, 0.15) is 61.3 Å². The number of aryl methyl sites for hydroxylation is 1. The molecule has 1 aromatic heterocycles. The first-order valence-electron chi connectivity index (χ1n) is 9.48. The van der Waals surface area contributed by atoms with Gasteiger partial charge in [0.1, 0.15) is 5.60 Å².